The van der Waals surface area contributed by atoms with Gasteiger partial charge in [-0.25, -0.2) is 14.2 Å². The van der Waals surface area contributed by atoms with Crippen molar-refractivity contribution in [1.29, 1.82) is 0 Å². The van der Waals surface area contributed by atoms with Crippen LogP contribution in [0.2, 0.25) is 0 Å². The summed E-state index contributed by atoms with van der Waals surface area (Å²) in [7, 11) is 2.08. The first-order valence-electron chi connectivity index (χ1n) is 13.2. The molecule has 0 saturated carbocycles. The molecule has 6 rings (SSSR count). The molecule has 0 spiro atoms. The molecule has 0 unspecified atom stereocenters. The quantitative estimate of drug-likeness (QED) is 0.262. The molecule has 3 N–H and O–H groups in total. The Morgan fingerprint density at radius 2 is 1.68 bits per heavy atom. The Hall–Kier alpha value is -4.80. The highest BCUT2D eigenvalue weighted by Gasteiger charge is 2.21. The van der Waals surface area contributed by atoms with E-state index in [2.05, 4.69) is 21.8 Å². The second-order valence-electron chi connectivity index (χ2n) is 10.3. The fourth-order valence-electron chi connectivity index (χ4n) is 5.25. The number of nitrogens with zero attached hydrogens (tertiary/aromatic N) is 4. The van der Waals surface area contributed by atoms with Gasteiger partial charge < -0.3 is 20.1 Å². The smallest absolute Gasteiger partial charge is 0.335 e. The van der Waals surface area contributed by atoms with Gasteiger partial charge in [-0.05, 0) is 67.7 Å². The van der Waals surface area contributed by atoms with Crippen LogP contribution in [-0.2, 0) is 0 Å². The number of benzene rings is 3. The molecule has 208 valence electrons. The van der Waals surface area contributed by atoms with E-state index in [1.165, 1.54) is 24.3 Å². The van der Waals surface area contributed by atoms with E-state index in [1.807, 2.05) is 18.2 Å². The minimum absolute atomic E-state index is 0.00255. The molecule has 5 aromatic rings. The number of nitrogens with one attached hydrogen (secondary N) is 1. The zero-order valence-corrected chi connectivity index (χ0v) is 22.3. The van der Waals surface area contributed by atoms with E-state index in [9.17, 15) is 24.2 Å². The maximum atomic E-state index is 13.8. The number of hydrogen-bond donors (Lipinski definition) is 3. The monoisotopic (exact) mass is 553 g/mol. The van der Waals surface area contributed by atoms with E-state index in [1.54, 1.807) is 35.0 Å². The van der Waals surface area contributed by atoms with Gasteiger partial charge in [0.15, 0.2) is 5.88 Å². The van der Waals surface area contributed by atoms with Gasteiger partial charge in [-0.3, -0.25) is 14.3 Å². The summed E-state index contributed by atoms with van der Waals surface area (Å²) in [5.74, 6) is -1.69. The number of likely N-dealkylation sites (N-methyl/N-ethyl adjacent to an activating group) is 1. The molecule has 1 saturated heterocycles. The van der Waals surface area contributed by atoms with Gasteiger partial charge in [0.25, 0.3) is 0 Å². The number of aliphatic imine (C=N–C) groups is 1. The number of piperazine rings is 1. The number of halogens is 1. The molecule has 3 heterocycles. The molecule has 0 amide bonds. The zero-order valence-electron chi connectivity index (χ0n) is 22.3. The topological polar surface area (TPSA) is 114 Å². The summed E-state index contributed by atoms with van der Waals surface area (Å²) >= 11 is 0. The maximum Gasteiger partial charge on any atom is 0.335 e. The number of carbonyl (C=O) groups excluding carboxylic acids is 1. The number of H-pyrrole nitrogens is 1. The minimum atomic E-state index is -1.09. The van der Waals surface area contributed by atoms with Crippen molar-refractivity contribution >= 4 is 45.1 Å². The normalized spacial score (nSPS) is 15.1. The molecule has 1 aliphatic heterocycles. The van der Waals surface area contributed by atoms with Gasteiger partial charge >= 0.3 is 5.97 Å². The fourth-order valence-corrected chi connectivity index (χ4v) is 5.25. The Balaban J connectivity index is 1.39. The minimum Gasteiger partial charge on any atom is -0.494 e. The van der Waals surface area contributed by atoms with E-state index in [0.29, 0.717) is 40.0 Å². The summed E-state index contributed by atoms with van der Waals surface area (Å²) in [4.78, 5) is 36.7. The average Bonchev–Trinajstić information content (AvgIpc) is 3.53. The van der Waals surface area contributed by atoms with Crippen molar-refractivity contribution in [3.8, 4) is 5.88 Å². The molecule has 1 fully saturated rings. The van der Waals surface area contributed by atoms with Crippen molar-refractivity contribution < 1.29 is 24.2 Å². The third-order valence-electron chi connectivity index (χ3n) is 7.52. The molecule has 9 nitrogen and oxygen atoms in total. The number of fused-ring (bicyclic) bond motifs is 2. The lowest BCUT2D eigenvalue weighted by Gasteiger charge is -2.31. The van der Waals surface area contributed by atoms with Gasteiger partial charge in [0.2, 0.25) is 5.91 Å². The highest BCUT2D eigenvalue weighted by atomic mass is 19.1. The van der Waals surface area contributed by atoms with E-state index in [4.69, 9.17) is 4.99 Å². The van der Waals surface area contributed by atoms with Crippen molar-refractivity contribution in [2.45, 2.75) is 0 Å². The van der Waals surface area contributed by atoms with E-state index >= 15 is 0 Å². The SMILES string of the molecule is CN1CCN(CC(=O)n2ccc3cc(N=C(c4ccc(F)cc4)c4c(O)[nH]c5cc(C(=O)O)ccc45)ccc32)CC1. The van der Waals surface area contributed by atoms with E-state index < -0.39 is 11.8 Å². The molecule has 3 aromatic carbocycles. The Morgan fingerprint density at radius 1 is 0.951 bits per heavy atom. The van der Waals surface area contributed by atoms with E-state index in [0.717, 1.165) is 37.1 Å². The number of aromatic carboxylic acids is 1. The van der Waals surface area contributed by atoms with Gasteiger partial charge in [-0.1, -0.05) is 6.07 Å². The zero-order chi connectivity index (χ0) is 28.7. The van der Waals surface area contributed by atoms with Crippen LogP contribution in [0.1, 0.15) is 26.3 Å². The van der Waals surface area contributed by atoms with E-state index in [-0.39, 0.29) is 17.4 Å². The predicted octanol–water partition coefficient (Wildman–Crippen LogP) is 4.72. The van der Waals surface area contributed by atoms with Crippen molar-refractivity contribution in [2.75, 3.05) is 39.8 Å². The summed E-state index contributed by atoms with van der Waals surface area (Å²) in [6.45, 7) is 3.92. The van der Waals surface area contributed by atoms with Crippen molar-refractivity contribution in [3.05, 3.63) is 95.4 Å². The molecule has 0 aliphatic carbocycles. The largest absolute Gasteiger partial charge is 0.494 e. The van der Waals surface area contributed by atoms with Gasteiger partial charge in [-0.2, -0.15) is 0 Å². The van der Waals surface area contributed by atoms with Crippen LogP contribution in [0.15, 0.2) is 77.9 Å². The molecule has 0 radical (unpaired) electrons. The second-order valence-corrected chi connectivity index (χ2v) is 10.3. The lowest BCUT2D eigenvalue weighted by atomic mass is 10.00. The Morgan fingerprint density at radius 3 is 2.41 bits per heavy atom. The van der Waals surface area contributed by atoms with Crippen LogP contribution >= 0.6 is 0 Å². The fraction of sp³-hybridized carbons (Fsp3) is 0.194. The highest BCUT2D eigenvalue weighted by molar-refractivity contribution is 6.22. The lowest BCUT2D eigenvalue weighted by Crippen LogP contribution is -2.46. The van der Waals surface area contributed by atoms with Crippen LogP contribution in [0.3, 0.4) is 0 Å². The summed E-state index contributed by atoms with van der Waals surface area (Å²) in [5.41, 5.74) is 3.14. The maximum absolute atomic E-state index is 13.8. The first-order valence-corrected chi connectivity index (χ1v) is 13.2. The summed E-state index contributed by atoms with van der Waals surface area (Å²) in [5, 5.41) is 21.7. The third kappa shape index (κ3) is 5.22. The van der Waals surface area contributed by atoms with Gasteiger partial charge in [0.1, 0.15) is 5.82 Å². The molecule has 41 heavy (non-hydrogen) atoms. The molecule has 1 aliphatic rings. The van der Waals surface area contributed by atoms with Crippen LogP contribution in [0.4, 0.5) is 10.1 Å². The van der Waals surface area contributed by atoms with Crippen LogP contribution in [0, 0.1) is 5.82 Å². The Labute approximate surface area is 234 Å². The number of carboxylic acid groups (broad SMARTS) is 1. The van der Waals surface area contributed by atoms with Gasteiger partial charge in [-0.15, -0.1) is 0 Å². The molecule has 0 bridgehead atoms. The molecule has 10 heteroatoms. The van der Waals surface area contributed by atoms with Crippen LogP contribution in [0.25, 0.3) is 21.8 Å². The number of rotatable bonds is 6. The number of carbonyl (C=O) groups is 2. The number of aromatic hydroxyl groups is 1. The second kappa shape index (κ2) is 10.6. The average molecular weight is 554 g/mol. The molecule has 2 aromatic heterocycles. The van der Waals surface area contributed by atoms with Gasteiger partial charge in [0, 0.05) is 54.2 Å². The lowest BCUT2D eigenvalue weighted by molar-refractivity contribution is 0.0696. The third-order valence-corrected chi connectivity index (χ3v) is 7.52. The van der Waals surface area contributed by atoms with Crippen LogP contribution in [-0.4, -0.2) is 86.9 Å². The number of aromatic nitrogens is 2. The Bertz CT molecular complexity index is 1810. The highest BCUT2D eigenvalue weighted by Crippen LogP contribution is 2.33. The molecule has 0 atom stereocenters. The van der Waals surface area contributed by atoms with Crippen molar-refractivity contribution in [3.63, 3.8) is 0 Å². The summed E-state index contributed by atoms with van der Waals surface area (Å²) in [6.07, 6.45) is 1.77. The summed E-state index contributed by atoms with van der Waals surface area (Å²) < 4.78 is 15.5. The standard InChI is InChI=1S/C31H28FN5O4/c1-35-12-14-36(15-13-35)18-27(38)37-11-10-20-16-23(7-9-26(20)37)33-29(19-2-5-22(32)6-3-19)28-24-8-4-21(31(40)41)17-25(24)34-30(28)39/h2-11,16-17,34,39H,12-15,18H2,1H3,(H,40,41). The summed E-state index contributed by atoms with van der Waals surface area (Å²) in [6, 6.07) is 17.6. The van der Waals surface area contributed by atoms with Crippen LogP contribution < -0.4 is 0 Å². The molecular weight excluding hydrogens is 525 g/mol. The van der Waals surface area contributed by atoms with Crippen molar-refractivity contribution in [2.24, 2.45) is 4.99 Å². The van der Waals surface area contributed by atoms with Gasteiger partial charge in [0.05, 0.1) is 34.6 Å². The predicted molar refractivity (Wildman–Crippen MR) is 155 cm³/mol. The number of carboxylic acids is 1. The number of aromatic amines is 1. The number of hydrogen-bond acceptors (Lipinski definition) is 6. The molecular formula is C31H28FN5O4. The van der Waals surface area contributed by atoms with Crippen LogP contribution in [0.5, 0.6) is 5.88 Å². The first kappa shape index (κ1) is 26.4. The first-order chi connectivity index (χ1) is 19.8. The van der Waals surface area contributed by atoms with Crippen molar-refractivity contribution in [1.82, 2.24) is 19.4 Å². The Kier molecular flexibility index (Phi) is 6.86.